The Balaban J connectivity index is 2.14. The molecule has 0 aromatic rings. The molecule has 0 N–H and O–H groups in total. The van der Waals surface area contributed by atoms with Crippen molar-refractivity contribution in [2.24, 2.45) is 11.8 Å². The van der Waals surface area contributed by atoms with Gasteiger partial charge in [0.05, 0.1) is 0 Å². The van der Waals surface area contributed by atoms with Crippen LogP contribution in [0.3, 0.4) is 0 Å². The van der Waals surface area contributed by atoms with Crippen LogP contribution in [-0.4, -0.2) is 13.7 Å². The second-order valence-electron chi connectivity index (χ2n) is 3.24. The molecular weight excluding hydrogens is 112 g/mol. The quantitative estimate of drug-likeness (QED) is 0.553. The van der Waals surface area contributed by atoms with Gasteiger partial charge in [-0.15, -0.1) is 0 Å². The van der Waals surface area contributed by atoms with E-state index < -0.39 is 0 Å². The first kappa shape index (κ1) is 7.07. The highest BCUT2D eigenvalue weighted by Gasteiger charge is 2.20. The molecule has 0 aromatic heterocycles. The van der Waals surface area contributed by atoms with Crippen molar-refractivity contribution < 1.29 is 4.74 Å². The average Bonchev–Trinajstić information content (AvgIpc) is 2.17. The second kappa shape index (κ2) is 3.21. The van der Waals surface area contributed by atoms with Crippen LogP contribution < -0.4 is 0 Å². The molecule has 1 fully saturated rings. The first-order valence-electron chi connectivity index (χ1n) is 3.82. The summed E-state index contributed by atoms with van der Waals surface area (Å²) in [5.74, 6) is 1.81. The third-order valence-corrected chi connectivity index (χ3v) is 2.21. The van der Waals surface area contributed by atoms with Crippen LogP contribution in [0.2, 0.25) is 0 Å². The predicted octanol–water partition coefficient (Wildman–Crippen LogP) is 2.07. The van der Waals surface area contributed by atoms with E-state index in [1.165, 1.54) is 19.3 Å². The number of hydrogen-bond acceptors (Lipinski definition) is 1. The largest absolute Gasteiger partial charge is 0.384 e. The van der Waals surface area contributed by atoms with Crippen molar-refractivity contribution in [3.8, 4) is 0 Å². The van der Waals surface area contributed by atoms with Crippen molar-refractivity contribution in [3.05, 3.63) is 0 Å². The zero-order valence-electron chi connectivity index (χ0n) is 6.39. The van der Waals surface area contributed by atoms with Crippen molar-refractivity contribution >= 4 is 0 Å². The molecule has 2 unspecified atom stereocenters. The number of rotatable bonds is 2. The molecule has 0 amide bonds. The molecule has 0 saturated heterocycles. The zero-order valence-corrected chi connectivity index (χ0v) is 6.39. The van der Waals surface area contributed by atoms with E-state index in [-0.39, 0.29) is 0 Å². The van der Waals surface area contributed by atoms with Crippen LogP contribution in [-0.2, 0) is 4.74 Å². The summed E-state index contributed by atoms with van der Waals surface area (Å²) in [4.78, 5) is 0. The van der Waals surface area contributed by atoms with Gasteiger partial charge >= 0.3 is 0 Å². The van der Waals surface area contributed by atoms with Crippen LogP contribution >= 0.6 is 0 Å². The fourth-order valence-electron chi connectivity index (χ4n) is 1.71. The lowest BCUT2D eigenvalue weighted by Crippen LogP contribution is -2.02. The molecule has 1 aliphatic rings. The summed E-state index contributed by atoms with van der Waals surface area (Å²) in [5, 5.41) is 0. The van der Waals surface area contributed by atoms with Crippen LogP contribution in [0.25, 0.3) is 0 Å². The zero-order chi connectivity index (χ0) is 6.69. The van der Waals surface area contributed by atoms with E-state index in [1.54, 1.807) is 7.11 Å². The van der Waals surface area contributed by atoms with Crippen LogP contribution in [0.4, 0.5) is 0 Å². The second-order valence-corrected chi connectivity index (χ2v) is 3.24. The number of ether oxygens (including phenoxy) is 1. The van der Waals surface area contributed by atoms with Gasteiger partial charge in [-0.3, -0.25) is 0 Å². The molecule has 0 heterocycles. The highest BCUT2D eigenvalue weighted by atomic mass is 16.5. The molecule has 0 radical (unpaired) electrons. The predicted molar refractivity (Wildman–Crippen MR) is 38.4 cm³/mol. The van der Waals surface area contributed by atoms with Gasteiger partial charge in [0.1, 0.15) is 0 Å². The van der Waals surface area contributed by atoms with E-state index in [2.05, 4.69) is 6.92 Å². The van der Waals surface area contributed by atoms with Gasteiger partial charge in [0, 0.05) is 13.7 Å². The van der Waals surface area contributed by atoms with E-state index >= 15 is 0 Å². The lowest BCUT2D eigenvalue weighted by Gasteiger charge is -2.05. The van der Waals surface area contributed by atoms with Crippen LogP contribution in [0.1, 0.15) is 26.2 Å². The molecule has 54 valence electrons. The normalized spacial score (nSPS) is 35.3. The van der Waals surface area contributed by atoms with E-state index in [9.17, 15) is 0 Å². The van der Waals surface area contributed by atoms with Crippen molar-refractivity contribution in [2.45, 2.75) is 26.2 Å². The summed E-state index contributed by atoms with van der Waals surface area (Å²) in [5.41, 5.74) is 0. The maximum absolute atomic E-state index is 5.07. The van der Waals surface area contributed by atoms with Crippen molar-refractivity contribution in [3.63, 3.8) is 0 Å². The molecule has 2 atom stereocenters. The van der Waals surface area contributed by atoms with Gasteiger partial charge in [-0.05, 0) is 24.7 Å². The highest BCUT2D eigenvalue weighted by molar-refractivity contribution is 4.71. The van der Waals surface area contributed by atoms with E-state index in [4.69, 9.17) is 4.74 Å². The Morgan fingerprint density at radius 2 is 2.22 bits per heavy atom. The SMILES string of the molecule is COCC1CCC(C)C1. The fourth-order valence-corrected chi connectivity index (χ4v) is 1.71. The van der Waals surface area contributed by atoms with Gasteiger partial charge in [-0.1, -0.05) is 13.3 Å². The minimum Gasteiger partial charge on any atom is -0.384 e. The van der Waals surface area contributed by atoms with Gasteiger partial charge in [0.2, 0.25) is 0 Å². The van der Waals surface area contributed by atoms with Crippen LogP contribution in [0, 0.1) is 11.8 Å². The van der Waals surface area contributed by atoms with Crippen LogP contribution in [0.15, 0.2) is 0 Å². The lowest BCUT2D eigenvalue weighted by atomic mass is 10.1. The van der Waals surface area contributed by atoms with E-state index in [0.29, 0.717) is 0 Å². The maximum atomic E-state index is 5.07. The Bertz CT molecular complexity index is 78.6. The Hall–Kier alpha value is -0.0400. The monoisotopic (exact) mass is 128 g/mol. The number of methoxy groups -OCH3 is 1. The summed E-state index contributed by atoms with van der Waals surface area (Å²) >= 11 is 0. The maximum Gasteiger partial charge on any atom is 0.0490 e. The third kappa shape index (κ3) is 1.98. The van der Waals surface area contributed by atoms with Gasteiger partial charge in [-0.2, -0.15) is 0 Å². The first-order valence-corrected chi connectivity index (χ1v) is 3.82. The summed E-state index contributed by atoms with van der Waals surface area (Å²) < 4.78 is 5.07. The Morgan fingerprint density at radius 1 is 1.44 bits per heavy atom. The minimum atomic E-state index is 0.866. The fraction of sp³-hybridized carbons (Fsp3) is 1.00. The molecule has 9 heavy (non-hydrogen) atoms. The van der Waals surface area contributed by atoms with E-state index in [0.717, 1.165) is 18.4 Å². The molecule has 1 heteroatoms. The Kier molecular flexibility index (Phi) is 2.52. The molecule has 0 aliphatic heterocycles. The first-order chi connectivity index (χ1) is 4.33. The van der Waals surface area contributed by atoms with E-state index in [1.807, 2.05) is 0 Å². The summed E-state index contributed by atoms with van der Waals surface area (Å²) in [6.07, 6.45) is 4.18. The summed E-state index contributed by atoms with van der Waals surface area (Å²) in [6.45, 7) is 3.31. The molecule has 1 nitrogen and oxygen atoms in total. The molecule has 0 aromatic carbocycles. The van der Waals surface area contributed by atoms with Crippen LogP contribution in [0.5, 0.6) is 0 Å². The Labute approximate surface area is 57.4 Å². The third-order valence-electron chi connectivity index (χ3n) is 2.21. The van der Waals surface area contributed by atoms with Crippen molar-refractivity contribution in [1.82, 2.24) is 0 Å². The summed E-state index contributed by atoms with van der Waals surface area (Å²) in [7, 11) is 1.79. The molecule has 1 rings (SSSR count). The molecule has 1 saturated carbocycles. The van der Waals surface area contributed by atoms with Gasteiger partial charge in [0.25, 0.3) is 0 Å². The molecular formula is C8H16O. The minimum absolute atomic E-state index is 0.866. The molecule has 0 spiro atoms. The lowest BCUT2D eigenvalue weighted by molar-refractivity contribution is 0.153. The summed E-state index contributed by atoms with van der Waals surface area (Å²) in [6, 6.07) is 0. The number of hydrogen-bond donors (Lipinski definition) is 0. The Morgan fingerprint density at radius 3 is 2.67 bits per heavy atom. The highest BCUT2D eigenvalue weighted by Crippen LogP contribution is 2.29. The van der Waals surface area contributed by atoms with Gasteiger partial charge in [0.15, 0.2) is 0 Å². The van der Waals surface area contributed by atoms with Gasteiger partial charge in [-0.25, -0.2) is 0 Å². The van der Waals surface area contributed by atoms with Crippen molar-refractivity contribution in [1.29, 1.82) is 0 Å². The smallest absolute Gasteiger partial charge is 0.0490 e. The van der Waals surface area contributed by atoms with Crippen molar-refractivity contribution in [2.75, 3.05) is 13.7 Å². The molecule has 0 bridgehead atoms. The standard InChI is InChI=1S/C8H16O/c1-7-3-4-8(5-7)6-9-2/h7-8H,3-6H2,1-2H3. The van der Waals surface area contributed by atoms with Gasteiger partial charge < -0.3 is 4.74 Å². The average molecular weight is 128 g/mol. The molecule has 1 aliphatic carbocycles. The topological polar surface area (TPSA) is 9.23 Å².